The molecule has 1 nitrogen and oxygen atoms in total. The standard InChI is InChI=1S/C10H6F4O/c11-9-3-1-2-7(5-9)4-8(6-15)10(12,13)14/h1-6H/b8-4+. The van der Waals surface area contributed by atoms with Gasteiger partial charge in [-0.2, -0.15) is 13.2 Å². The van der Waals surface area contributed by atoms with Crippen molar-refractivity contribution in [3.05, 3.63) is 41.2 Å². The molecule has 0 bridgehead atoms. The topological polar surface area (TPSA) is 17.1 Å². The molecular weight excluding hydrogens is 212 g/mol. The fourth-order valence-corrected chi connectivity index (χ4v) is 0.959. The van der Waals surface area contributed by atoms with Crippen LogP contribution in [0.4, 0.5) is 17.6 Å². The summed E-state index contributed by atoms with van der Waals surface area (Å²) in [4.78, 5) is 10.2. The van der Waals surface area contributed by atoms with E-state index in [4.69, 9.17) is 0 Å². The monoisotopic (exact) mass is 218 g/mol. The SMILES string of the molecule is O=C/C(=C\c1cccc(F)c1)C(F)(F)F. The Morgan fingerprint density at radius 1 is 1.27 bits per heavy atom. The van der Waals surface area contributed by atoms with Crippen LogP contribution in [0, 0.1) is 5.82 Å². The lowest BCUT2D eigenvalue weighted by Crippen LogP contribution is -2.12. The summed E-state index contributed by atoms with van der Waals surface area (Å²) in [6, 6.07) is 4.55. The van der Waals surface area contributed by atoms with Crippen molar-refractivity contribution in [2.75, 3.05) is 0 Å². The number of alkyl halides is 3. The lowest BCUT2D eigenvalue weighted by atomic mass is 10.1. The van der Waals surface area contributed by atoms with E-state index in [0.717, 1.165) is 12.1 Å². The van der Waals surface area contributed by atoms with Crippen LogP contribution in [0.5, 0.6) is 0 Å². The number of allylic oxidation sites excluding steroid dienone is 1. The van der Waals surface area contributed by atoms with Crippen molar-refractivity contribution in [3.63, 3.8) is 0 Å². The predicted octanol–water partition coefficient (Wildman–Crippen LogP) is 2.97. The number of halogens is 4. The second-order valence-electron chi connectivity index (χ2n) is 2.77. The van der Waals surface area contributed by atoms with Gasteiger partial charge in [0.15, 0.2) is 6.29 Å². The van der Waals surface area contributed by atoms with Crippen LogP contribution in [0.1, 0.15) is 5.56 Å². The second kappa shape index (κ2) is 4.25. The van der Waals surface area contributed by atoms with Crippen molar-refractivity contribution in [1.29, 1.82) is 0 Å². The number of hydrogen-bond acceptors (Lipinski definition) is 1. The number of hydrogen-bond donors (Lipinski definition) is 0. The zero-order valence-corrected chi connectivity index (χ0v) is 7.38. The summed E-state index contributed by atoms with van der Waals surface area (Å²) >= 11 is 0. The Morgan fingerprint density at radius 2 is 1.93 bits per heavy atom. The minimum atomic E-state index is -4.71. The summed E-state index contributed by atoms with van der Waals surface area (Å²) in [6.45, 7) is 0. The molecular formula is C10H6F4O. The van der Waals surface area contributed by atoms with Gasteiger partial charge >= 0.3 is 6.18 Å². The molecule has 0 amide bonds. The van der Waals surface area contributed by atoms with Crippen molar-refractivity contribution in [1.82, 2.24) is 0 Å². The minimum absolute atomic E-state index is 0.00516. The highest BCUT2D eigenvalue weighted by molar-refractivity contribution is 5.83. The lowest BCUT2D eigenvalue weighted by Gasteiger charge is -2.04. The Kier molecular flexibility index (Phi) is 3.24. The molecule has 0 radical (unpaired) electrons. The molecule has 1 aromatic rings. The Balaban J connectivity index is 3.09. The number of benzene rings is 1. The Labute approximate surface area is 83.0 Å². The third-order valence-electron chi connectivity index (χ3n) is 1.63. The third kappa shape index (κ3) is 3.19. The first-order valence-corrected chi connectivity index (χ1v) is 3.93. The van der Waals surface area contributed by atoms with E-state index < -0.39 is 17.6 Å². The fourth-order valence-electron chi connectivity index (χ4n) is 0.959. The Bertz CT molecular complexity index is 393. The van der Waals surface area contributed by atoms with Crippen LogP contribution < -0.4 is 0 Å². The molecule has 0 saturated carbocycles. The Morgan fingerprint density at radius 3 is 2.40 bits per heavy atom. The minimum Gasteiger partial charge on any atom is -0.298 e. The molecule has 0 aliphatic carbocycles. The van der Waals surface area contributed by atoms with Gasteiger partial charge in [0.05, 0.1) is 5.57 Å². The molecule has 15 heavy (non-hydrogen) atoms. The van der Waals surface area contributed by atoms with E-state index in [1.165, 1.54) is 12.1 Å². The largest absolute Gasteiger partial charge is 0.419 e. The normalized spacial score (nSPS) is 12.7. The Hall–Kier alpha value is -1.65. The van der Waals surface area contributed by atoms with Crippen LogP contribution in [0.25, 0.3) is 6.08 Å². The summed E-state index contributed by atoms with van der Waals surface area (Å²) in [5.41, 5.74) is -1.34. The molecule has 0 saturated heterocycles. The highest BCUT2D eigenvalue weighted by Gasteiger charge is 2.33. The fraction of sp³-hybridized carbons (Fsp3) is 0.100. The molecule has 0 spiro atoms. The summed E-state index contributed by atoms with van der Waals surface area (Å²) < 4.78 is 49.0. The quantitative estimate of drug-likeness (QED) is 0.423. The van der Waals surface area contributed by atoms with Gasteiger partial charge in [-0.3, -0.25) is 4.79 Å². The van der Waals surface area contributed by atoms with Gasteiger partial charge < -0.3 is 0 Å². The van der Waals surface area contributed by atoms with Gasteiger partial charge in [0.2, 0.25) is 0 Å². The smallest absolute Gasteiger partial charge is 0.298 e. The van der Waals surface area contributed by atoms with Gasteiger partial charge in [0.1, 0.15) is 5.82 Å². The molecule has 0 fully saturated rings. The molecule has 0 aliphatic heterocycles. The second-order valence-corrected chi connectivity index (χ2v) is 2.77. The zero-order valence-electron chi connectivity index (χ0n) is 7.38. The van der Waals surface area contributed by atoms with E-state index in [2.05, 4.69) is 0 Å². The molecule has 0 aromatic heterocycles. The van der Waals surface area contributed by atoms with Gasteiger partial charge in [0, 0.05) is 0 Å². The van der Waals surface area contributed by atoms with E-state index in [1.54, 1.807) is 0 Å². The average Bonchev–Trinajstić information content (AvgIpc) is 2.12. The number of carbonyl (C=O) groups excluding carboxylic acids is 1. The molecule has 80 valence electrons. The van der Waals surface area contributed by atoms with Gasteiger partial charge in [-0.05, 0) is 23.8 Å². The first-order valence-electron chi connectivity index (χ1n) is 3.93. The van der Waals surface area contributed by atoms with Crippen LogP contribution >= 0.6 is 0 Å². The van der Waals surface area contributed by atoms with Gasteiger partial charge in [-0.1, -0.05) is 12.1 Å². The van der Waals surface area contributed by atoms with E-state index in [-0.39, 0.29) is 11.8 Å². The van der Waals surface area contributed by atoms with Gasteiger partial charge in [0.25, 0.3) is 0 Å². The van der Waals surface area contributed by atoms with Crippen LogP contribution in [0.2, 0.25) is 0 Å². The molecule has 0 aliphatic rings. The van der Waals surface area contributed by atoms with E-state index >= 15 is 0 Å². The van der Waals surface area contributed by atoms with E-state index in [1.807, 2.05) is 0 Å². The molecule has 1 aromatic carbocycles. The van der Waals surface area contributed by atoms with Crippen LogP contribution in [0.15, 0.2) is 29.8 Å². The molecule has 0 N–H and O–H groups in total. The van der Waals surface area contributed by atoms with Crippen LogP contribution in [-0.2, 0) is 4.79 Å². The summed E-state index contributed by atoms with van der Waals surface area (Å²) in [5, 5.41) is 0. The maximum Gasteiger partial charge on any atom is 0.419 e. The van der Waals surface area contributed by atoms with Gasteiger partial charge in [-0.15, -0.1) is 0 Å². The van der Waals surface area contributed by atoms with E-state index in [9.17, 15) is 22.4 Å². The molecule has 0 heterocycles. The number of rotatable bonds is 2. The number of aldehydes is 1. The van der Waals surface area contributed by atoms with Gasteiger partial charge in [-0.25, -0.2) is 4.39 Å². The third-order valence-corrected chi connectivity index (χ3v) is 1.63. The summed E-state index contributed by atoms with van der Waals surface area (Å²) in [7, 11) is 0. The van der Waals surface area contributed by atoms with Crippen molar-refractivity contribution < 1.29 is 22.4 Å². The van der Waals surface area contributed by atoms with Crippen molar-refractivity contribution in [2.24, 2.45) is 0 Å². The molecule has 0 atom stereocenters. The average molecular weight is 218 g/mol. The van der Waals surface area contributed by atoms with Crippen molar-refractivity contribution >= 4 is 12.4 Å². The molecule has 5 heteroatoms. The molecule has 1 rings (SSSR count). The van der Waals surface area contributed by atoms with Crippen LogP contribution in [-0.4, -0.2) is 12.5 Å². The van der Waals surface area contributed by atoms with Crippen molar-refractivity contribution in [2.45, 2.75) is 6.18 Å². The van der Waals surface area contributed by atoms with Crippen molar-refractivity contribution in [3.8, 4) is 0 Å². The van der Waals surface area contributed by atoms with Crippen LogP contribution in [0.3, 0.4) is 0 Å². The first-order chi connectivity index (χ1) is 6.93. The maximum atomic E-state index is 12.6. The number of carbonyl (C=O) groups is 1. The molecule has 0 unspecified atom stereocenters. The lowest BCUT2D eigenvalue weighted by molar-refractivity contribution is -0.118. The maximum absolute atomic E-state index is 12.6. The highest BCUT2D eigenvalue weighted by Crippen LogP contribution is 2.25. The summed E-state index contributed by atoms with van der Waals surface area (Å²) in [5.74, 6) is -0.656. The highest BCUT2D eigenvalue weighted by atomic mass is 19.4. The summed E-state index contributed by atoms with van der Waals surface area (Å²) in [6.07, 6.45) is -4.42. The van der Waals surface area contributed by atoms with E-state index in [0.29, 0.717) is 6.08 Å². The zero-order chi connectivity index (χ0) is 11.5. The predicted molar refractivity (Wildman–Crippen MR) is 46.5 cm³/mol. The first kappa shape index (κ1) is 11.4.